The largest absolute Gasteiger partial charge is 0.462 e. The Bertz CT molecular complexity index is 719. The normalized spacial score (nSPS) is 12.1. The summed E-state index contributed by atoms with van der Waals surface area (Å²) in [7, 11) is 0. The van der Waals surface area contributed by atoms with E-state index in [0.29, 0.717) is 19.3 Å². The van der Waals surface area contributed by atoms with E-state index in [0.717, 1.165) is 69.6 Å². The van der Waals surface area contributed by atoms with Crippen molar-refractivity contribution in [2.75, 3.05) is 13.2 Å². The Morgan fingerprint density at radius 2 is 0.702 bits per heavy atom. The predicted molar refractivity (Wildman–Crippen MR) is 196 cm³/mol. The first-order valence-corrected chi connectivity index (χ1v) is 20.2. The highest BCUT2D eigenvalue weighted by Crippen LogP contribution is 2.15. The van der Waals surface area contributed by atoms with Gasteiger partial charge in [0.05, 0.1) is 0 Å². The molecular formula is C41H78O6. The third-order valence-electron chi connectivity index (χ3n) is 8.97. The zero-order valence-corrected chi connectivity index (χ0v) is 31.9. The van der Waals surface area contributed by atoms with Crippen LogP contribution >= 0.6 is 0 Å². The first-order chi connectivity index (χ1) is 22.7. The van der Waals surface area contributed by atoms with Crippen LogP contribution in [-0.4, -0.2) is 37.2 Å². The number of unbranched alkanes of at least 4 members (excludes halogenated alkanes) is 20. The van der Waals surface area contributed by atoms with Gasteiger partial charge in [0.1, 0.15) is 13.2 Å². The molecule has 0 aromatic carbocycles. The molecule has 0 aliphatic carbocycles. The fourth-order valence-corrected chi connectivity index (χ4v) is 5.87. The van der Waals surface area contributed by atoms with Crippen LogP contribution < -0.4 is 0 Å². The molecule has 0 aromatic rings. The van der Waals surface area contributed by atoms with E-state index in [2.05, 4.69) is 34.6 Å². The molecule has 0 radical (unpaired) electrons. The van der Waals surface area contributed by atoms with Gasteiger partial charge in [-0.15, -0.1) is 0 Å². The highest BCUT2D eigenvalue weighted by atomic mass is 16.6. The van der Waals surface area contributed by atoms with Crippen molar-refractivity contribution in [2.24, 2.45) is 11.8 Å². The minimum Gasteiger partial charge on any atom is -0.462 e. The van der Waals surface area contributed by atoms with Crippen molar-refractivity contribution >= 4 is 17.9 Å². The van der Waals surface area contributed by atoms with Crippen molar-refractivity contribution in [3.05, 3.63) is 0 Å². The Morgan fingerprint density at radius 1 is 0.404 bits per heavy atom. The van der Waals surface area contributed by atoms with E-state index in [1.807, 2.05) is 0 Å². The average molecular weight is 667 g/mol. The second-order valence-electron chi connectivity index (χ2n) is 14.9. The molecule has 0 aliphatic heterocycles. The van der Waals surface area contributed by atoms with E-state index < -0.39 is 6.10 Å². The molecule has 0 aromatic heterocycles. The van der Waals surface area contributed by atoms with Crippen molar-refractivity contribution in [2.45, 2.75) is 221 Å². The van der Waals surface area contributed by atoms with Crippen LogP contribution in [0.25, 0.3) is 0 Å². The number of rotatable bonds is 35. The molecule has 47 heavy (non-hydrogen) atoms. The summed E-state index contributed by atoms with van der Waals surface area (Å²) in [6.45, 7) is 11.2. The summed E-state index contributed by atoms with van der Waals surface area (Å²) in [5.74, 6) is 0.687. The zero-order chi connectivity index (χ0) is 34.8. The lowest BCUT2D eigenvalue weighted by Gasteiger charge is -2.18. The SMILES string of the molecule is CCCCCCCCCCCC(=O)O[C@@H](COC(=O)CCCCCCCCCCC(C)C)COC(=O)CCCCCCCCC(C)C. The molecule has 1 atom stereocenters. The van der Waals surface area contributed by atoms with E-state index >= 15 is 0 Å². The van der Waals surface area contributed by atoms with E-state index in [9.17, 15) is 14.4 Å². The van der Waals surface area contributed by atoms with Gasteiger partial charge in [0, 0.05) is 19.3 Å². The molecule has 0 rings (SSSR count). The molecule has 0 amide bonds. The van der Waals surface area contributed by atoms with Crippen molar-refractivity contribution in [3.8, 4) is 0 Å². The number of ether oxygens (including phenoxy) is 3. The molecule has 0 unspecified atom stereocenters. The molecule has 0 N–H and O–H groups in total. The summed E-state index contributed by atoms with van der Waals surface area (Å²) >= 11 is 0. The zero-order valence-electron chi connectivity index (χ0n) is 31.9. The first-order valence-electron chi connectivity index (χ1n) is 20.2. The van der Waals surface area contributed by atoms with Gasteiger partial charge >= 0.3 is 17.9 Å². The molecule has 0 bridgehead atoms. The second-order valence-corrected chi connectivity index (χ2v) is 14.9. The number of carbonyl (C=O) groups is 3. The lowest BCUT2D eigenvalue weighted by molar-refractivity contribution is -0.167. The molecule has 0 spiro atoms. The Hall–Kier alpha value is -1.59. The second kappa shape index (κ2) is 34.3. The maximum absolute atomic E-state index is 12.6. The average Bonchev–Trinajstić information content (AvgIpc) is 3.03. The summed E-state index contributed by atoms with van der Waals surface area (Å²) in [6, 6.07) is 0. The van der Waals surface area contributed by atoms with Gasteiger partial charge in [0.15, 0.2) is 6.10 Å². The van der Waals surface area contributed by atoms with Crippen LogP contribution in [0.5, 0.6) is 0 Å². The molecule has 0 fully saturated rings. The first kappa shape index (κ1) is 45.4. The third-order valence-corrected chi connectivity index (χ3v) is 8.97. The Labute approximate surface area is 291 Å². The van der Waals surface area contributed by atoms with Gasteiger partial charge in [0.25, 0.3) is 0 Å². The Kier molecular flexibility index (Phi) is 33.1. The lowest BCUT2D eigenvalue weighted by atomic mass is 10.0. The van der Waals surface area contributed by atoms with Crippen LogP contribution in [-0.2, 0) is 28.6 Å². The molecule has 6 heteroatoms. The van der Waals surface area contributed by atoms with Crippen LogP contribution in [0, 0.1) is 11.8 Å². The Morgan fingerprint density at radius 3 is 1.04 bits per heavy atom. The van der Waals surface area contributed by atoms with E-state index in [1.165, 1.54) is 103 Å². The third kappa shape index (κ3) is 35.5. The minimum atomic E-state index is -0.759. The van der Waals surface area contributed by atoms with Gasteiger partial charge in [0.2, 0.25) is 0 Å². The van der Waals surface area contributed by atoms with Crippen molar-refractivity contribution in [3.63, 3.8) is 0 Å². The van der Waals surface area contributed by atoms with E-state index in [-0.39, 0.29) is 31.1 Å². The quantitative estimate of drug-likeness (QED) is 0.0380. The summed E-state index contributed by atoms with van der Waals surface area (Å²) < 4.78 is 16.6. The van der Waals surface area contributed by atoms with Crippen LogP contribution in [0.4, 0.5) is 0 Å². The molecule has 0 aliphatic rings. The van der Waals surface area contributed by atoms with Gasteiger partial charge in [-0.25, -0.2) is 0 Å². The molecule has 0 saturated heterocycles. The predicted octanol–water partition coefficient (Wildman–Crippen LogP) is 12.2. The number of hydrogen-bond acceptors (Lipinski definition) is 6. The highest BCUT2D eigenvalue weighted by Gasteiger charge is 2.19. The standard InChI is InChI=1S/C41H78O6/c1-6-7-8-9-10-11-16-23-28-33-41(44)47-38(35-46-40(43)32-27-22-18-17-20-25-30-37(4)5)34-45-39(42)31-26-21-15-13-12-14-19-24-29-36(2)3/h36-38H,6-35H2,1-5H3/t38-/m0/s1. The number of carbonyl (C=O) groups excluding carboxylic acids is 3. The Balaban J connectivity index is 4.35. The van der Waals surface area contributed by atoms with E-state index in [4.69, 9.17) is 14.2 Å². The maximum Gasteiger partial charge on any atom is 0.306 e. The molecule has 0 saturated carbocycles. The minimum absolute atomic E-state index is 0.0671. The van der Waals surface area contributed by atoms with Crippen LogP contribution in [0.1, 0.15) is 214 Å². The van der Waals surface area contributed by atoms with Gasteiger partial charge in [-0.3, -0.25) is 14.4 Å². The van der Waals surface area contributed by atoms with Gasteiger partial charge < -0.3 is 14.2 Å². The summed E-state index contributed by atoms with van der Waals surface area (Å²) in [4.78, 5) is 37.4. The number of hydrogen-bond donors (Lipinski definition) is 0. The van der Waals surface area contributed by atoms with Gasteiger partial charge in [-0.05, 0) is 31.1 Å². The maximum atomic E-state index is 12.6. The summed E-state index contributed by atoms with van der Waals surface area (Å²) in [5.41, 5.74) is 0. The van der Waals surface area contributed by atoms with Gasteiger partial charge in [-0.2, -0.15) is 0 Å². The topological polar surface area (TPSA) is 78.9 Å². The summed E-state index contributed by atoms with van der Waals surface area (Å²) in [5, 5.41) is 0. The molecule has 278 valence electrons. The smallest absolute Gasteiger partial charge is 0.306 e. The van der Waals surface area contributed by atoms with Crippen LogP contribution in [0.15, 0.2) is 0 Å². The lowest BCUT2D eigenvalue weighted by Crippen LogP contribution is -2.30. The van der Waals surface area contributed by atoms with E-state index in [1.54, 1.807) is 0 Å². The van der Waals surface area contributed by atoms with Crippen molar-refractivity contribution in [1.82, 2.24) is 0 Å². The van der Waals surface area contributed by atoms with Crippen LogP contribution in [0.3, 0.4) is 0 Å². The summed E-state index contributed by atoms with van der Waals surface area (Å²) in [6.07, 6.45) is 29.6. The number of esters is 3. The van der Waals surface area contributed by atoms with Gasteiger partial charge in [-0.1, -0.05) is 176 Å². The monoisotopic (exact) mass is 667 g/mol. The van der Waals surface area contributed by atoms with Crippen molar-refractivity contribution < 1.29 is 28.6 Å². The van der Waals surface area contributed by atoms with Crippen molar-refractivity contribution in [1.29, 1.82) is 0 Å². The highest BCUT2D eigenvalue weighted by molar-refractivity contribution is 5.71. The molecule has 0 heterocycles. The fourth-order valence-electron chi connectivity index (χ4n) is 5.87. The molecular weight excluding hydrogens is 588 g/mol. The molecule has 6 nitrogen and oxygen atoms in total. The van der Waals surface area contributed by atoms with Crippen LogP contribution in [0.2, 0.25) is 0 Å². The fraction of sp³-hybridized carbons (Fsp3) is 0.927.